The first-order valence-electron chi connectivity index (χ1n) is 6.47. The molecule has 0 saturated carbocycles. The van der Waals surface area contributed by atoms with Crippen LogP contribution in [0.25, 0.3) is 0 Å². The minimum absolute atomic E-state index is 0.478. The van der Waals surface area contributed by atoms with E-state index in [0.29, 0.717) is 23.9 Å². The van der Waals surface area contributed by atoms with Crippen LogP contribution >= 0.6 is 11.6 Å². The number of hydrogen-bond donors (Lipinski definition) is 1. The molecule has 4 heteroatoms. The first-order valence-corrected chi connectivity index (χ1v) is 6.85. The van der Waals surface area contributed by atoms with Crippen LogP contribution < -0.4 is 15.2 Å². The largest absolute Gasteiger partial charge is 0.497 e. The second-order valence-electron chi connectivity index (χ2n) is 4.42. The molecule has 0 atom stereocenters. The minimum atomic E-state index is 0.478. The van der Waals surface area contributed by atoms with Crippen LogP contribution in [0.1, 0.15) is 11.1 Å². The average molecular weight is 292 g/mol. The van der Waals surface area contributed by atoms with Crippen LogP contribution in [0, 0.1) is 0 Å². The molecule has 0 amide bonds. The Morgan fingerprint density at radius 1 is 1.05 bits per heavy atom. The van der Waals surface area contributed by atoms with Crippen LogP contribution in [0.15, 0.2) is 42.5 Å². The normalized spacial score (nSPS) is 10.3. The molecule has 0 unspecified atom stereocenters. The molecule has 2 N–H and O–H groups in total. The standard InChI is InChI=1S/C16H18ClNO2/c1-19-14-5-2-12(3-6-14)8-9-20-16-7-4-13(11-18)10-15(16)17/h2-7,10H,8-9,11,18H2,1H3. The Morgan fingerprint density at radius 2 is 1.75 bits per heavy atom. The molecule has 0 aliphatic heterocycles. The summed E-state index contributed by atoms with van der Waals surface area (Å²) in [4.78, 5) is 0. The van der Waals surface area contributed by atoms with Crippen LogP contribution in [0.5, 0.6) is 11.5 Å². The number of methoxy groups -OCH3 is 1. The van der Waals surface area contributed by atoms with Gasteiger partial charge in [0, 0.05) is 13.0 Å². The molecule has 0 spiro atoms. The molecule has 0 aliphatic carbocycles. The van der Waals surface area contributed by atoms with Gasteiger partial charge in [0.05, 0.1) is 18.7 Å². The highest BCUT2D eigenvalue weighted by Crippen LogP contribution is 2.25. The van der Waals surface area contributed by atoms with Crippen LogP contribution in [-0.2, 0) is 13.0 Å². The molecule has 106 valence electrons. The first-order chi connectivity index (χ1) is 9.72. The monoisotopic (exact) mass is 291 g/mol. The predicted molar refractivity (Wildman–Crippen MR) is 81.5 cm³/mol. The van der Waals surface area contributed by atoms with Gasteiger partial charge < -0.3 is 15.2 Å². The zero-order chi connectivity index (χ0) is 14.4. The quantitative estimate of drug-likeness (QED) is 0.887. The van der Waals surface area contributed by atoms with Crippen molar-refractivity contribution >= 4 is 11.6 Å². The molecule has 0 saturated heterocycles. The molecule has 0 aromatic heterocycles. The number of hydrogen-bond acceptors (Lipinski definition) is 3. The van der Waals surface area contributed by atoms with Gasteiger partial charge in [-0.1, -0.05) is 29.8 Å². The Bertz CT molecular complexity index is 555. The SMILES string of the molecule is COc1ccc(CCOc2ccc(CN)cc2Cl)cc1. The summed E-state index contributed by atoms with van der Waals surface area (Å²) in [5.74, 6) is 1.55. The van der Waals surface area contributed by atoms with Crippen molar-refractivity contribution in [3.8, 4) is 11.5 Å². The van der Waals surface area contributed by atoms with E-state index in [0.717, 1.165) is 17.7 Å². The van der Waals surface area contributed by atoms with Crippen molar-refractivity contribution < 1.29 is 9.47 Å². The lowest BCUT2D eigenvalue weighted by atomic mass is 10.1. The molecule has 0 bridgehead atoms. The molecule has 2 aromatic carbocycles. The van der Waals surface area contributed by atoms with Crippen LogP contribution in [0.4, 0.5) is 0 Å². The molecule has 2 rings (SSSR count). The Kier molecular flexibility index (Phi) is 5.27. The molecule has 20 heavy (non-hydrogen) atoms. The zero-order valence-electron chi connectivity index (χ0n) is 11.4. The lowest BCUT2D eigenvalue weighted by Crippen LogP contribution is -2.02. The molecular weight excluding hydrogens is 274 g/mol. The van der Waals surface area contributed by atoms with Gasteiger partial charge in [-0.3, -0.25) is 0 Å². The maximum atomic E-state index is 6.13. The topological polar surface area (TPSA) is 44.5 Å². The second kappa shape index (κ2) is 7.17. The van der Waals surface area contributed by atoms with Gasteiger partial charge >= 0.3 is 0 Å². The Balaban J connectivity index is 1.88. The Hall–Kier alpha value is -1.71. The number of rotatable bonds is 6. The van der Waals surface area contributed by atoms with Crippen molar-refractivity contribution in [3.05, 3.63) is 58.6 Å². The summed E-state index contributed by atoms with van der Waals surface area (Å²) in [5.41, 5.74) is 7.75. The van der Waals surface area contributed by atoms with E-state index in [1.54, 1.807) is 7.11 Å². The van der Waals surface area contributed by atoms with E-state index in [2.05, 4.69) is 0 Å². The summed E-state index contributed by atoms with van der Waals surface area (Å²) in [6.45, 7) is 1.06. The summed E-state index contributed by atoms with van der Waals surface area (Å²) in [5, 5.41) is 0.600. The highest BCUT2D eigenvalue weighted by atomic mass is 35.5. The Morgan fingerprint density at radius 3 is 2.35 bits per heavy atom. The average Bonchev–Trinajstić information content (AvgIpc) is 2.49. The highest BCUT2D eigenvalue weighted by molar-refractivity contribution is 6.32. The van der Waals surface area contributed by atoms with Gasteiger partial charge in [-0.15, -0.1) is 0 Å². The van der Waals surface area contributed by atoms with Gasteiger partial charge in [0.25, 0.3) is 0 Å². The van der Waals surface area contributed by atoms with Gasteiger partial charge in [-0.25, -0.2) is 0 Å². The van der Waals surface area contributed by atoms with Crippen LogP contribution in [-0.4, -0.2) is 13.7 Å². The van der Waals surface area contributed by atoms with E-state index < -0.39 is 0 Å². The van der Waals surface area contributed by atoms with Crippen LogP contribution in [0.2, 0.25) is 5.02 Å². The summed E-state index contributed by atoms with van der Waals surface area (Å²) >= 11 is 6.13. The number of nitrogens with two attached hydrogens (primary N) is 1. The summed E-state index contributed by atoms with van der Waals surface area (Å²) in [6, 6.07) is 13.6. The van der Waals surface area contributed by atoms with E-state index in [9.17, 15) is 0 Å². The number of halogens is 1. The van der Waals surface area contributed by atoms with Crippen molar-refractivity contribution in [2.45, 2.75) is 13.0 Å². The Labute approximate surface area is 124 Å². The first kappa shape index (κ1) is 14.7. The van der Waals surface area contributed by atoms with Gasteiger partial charge in [0.2, 0.25) is 0 Å². The second-order valence-corrected chi connectivity index (χ2v) is 4.82. The third-order valence-corrected chi connectivity index (χ3v) is 3.33. The number of ether oxygens (including phenoxy) is 2. The fourth-order valence-electron chi connectivity index (χ4n) is 1.86. The highest BCUT2D eigenvalue weighted by Gasteiger charge is 2.03. The summed E-state index contributed by atoms with van der Waals surface area (Å²) in [7, 11) is 1.66. The van der Waals surface area contributed by atoms with Crippen molar-refractivity contribution in [2.75, 3.05) is 13.7 Å². The minimum Gasteiger partial charge on any atom is -0.497 e. The third kappa shape index (κ3) is 3.89. The zero-order valence-corrected chi connectivity index (χ0v) is 12.2. The van der Waals surface area contributed by atoms with E-state index in [1.807, 2.05) is 42.5 Å². The maximum absolute atomic E-state index is 6.13. The molecule has 2 aromatic rings. The number of benzene rings is 2. The van der Waals surface area contributed by atoms with E-state index in [-0.39, 0.29) is 0 Å². The van der Waals surface area contributed by atoms with E-state index in [4.69, 9.17) is 26.8 Å². The molecular formula is C16H18ClNO2. The lowest BCUT2D eigenvalue weighted by Gasteiger charge is -2.09. The van der Waals surface area contributed by atoms with Gasteiger partial charge in [-0.05, 0) is 35.4 Å². The van der Waals surface area contributed by atoms with Gasteiger partial charge in [-0.2, -0.15) is 0 Å². The summed E-state index contributed by atoms with van der Waals surface area (Å²) in [6.07, 6.45) is 0.818. The van der Waals surface area contributed by atoms with E-state index in [1.165, 1.54) is 5.56 Å². The maximum Gasteiger partial charge on any atom is 0.137 e. The molecule has 0 fully saturated rings. The molecule has 0 radical (unpaired) electrons. The molecule has 0 heterocycles. The third-order valence-electron chi connectivity index (χ3n) is 3.04. The fourth-order valence-corrected chi connectivity index (χ4v) is 2.12. The lowest BCUT2D eigenvalue weighted by molar-refractivity contribution is 0.322. The van der Waals surface area contributed by atoms with Crippen LogP contribution in [0.3, 0.4) is 0 Å². The summed E-state index contributed by atoms with van der Waals surface area (Å²) < 4.78 is 10.8. The van der Waals surface area contributed by atoms with Gasteiger partial charge in [0.15, 0.2) is 0 Å². The molecule has 0 aliphatic rings. The molecule has 3 nitrogen and oxygen atoms in total. The predicted octanol–water partition coefficient (Wildman–Crippen LogP) is 3.43. The van der Waals surface area contributed by atoms with Crippen molar-refractivity contribution in [1.29, 1.82) is 0 Å². The van der Waals surface area contributed by atoms with Crippen molar-refractivity contribution in [1.82, 2.24) is 0 Å². The fraction of sp³-hybridized carbons (Fsp3) is 0.250. The van der Waals surface area contributed by atoms with E-state index >= 15 is 0 Å². The smallest absolute Gasteiger partial charge is 0.137 e. The van der Waals surface area contributed by atoms with Gasteiger partial charge in [0.1, 0.15) is 11.5 Å². The van der Waals surface area contributed by atoms with Crippen molar-refractivity contribution in [2.24, 2.45) is 5.73 Å². The van der Waals surface area contributed by atoms with Crippen molar-refractivity contribution in [3.63, 3.8) is 0 Å².